The molecule has 0 saturated carbocycles. The summed E-state index contributed by atoms with van der Waals surface area (Å²) in [6.45, 7) is 5.05. The number of carbonyl (C=O) groups is 1. The number of thioether (sulfide) groups is 1. The molecule has 2 heterocycles. The van der Waals surface area contributed by atoms with Crippen LogP contribution >= 0.6 is 23.3 Å². The summed E-state index contributed by atoms with van der Waals surface area (Å²) in [5.41, 5.74) is 2.76. The molecule has 2 aromatic carbocycles. The second kappa shape index (κ2) is 10.6. The monoisotopic (exact) mass is 480 g/mol. The van der Waals surface area contributed by atoms with E-state index in [4.69, 9.17) is 9.72 Å². The molecule has 0 saturated heterocycles. The largest absolute Gasteiger partial charge is 0.494 e. The van der Waals surface area contributed by atoms with Crippen LogP contribution in [0.15, 0.2) is 64.5 Å². The number of carbonyl (C=O) groups excluding carboxylic acids is 1. The van der Waals surface area contributed by atoms with Crippen molar-refractivity contribution >= 4 is 45.1 Å². The van der Waals surface area contributed by atoms with Crippen LogP contribution < -0.4 is 15.6 Å². The van der Waals surface area contributed by atoms with Gasteiger partial charge in [0.1, 0.15) is 21.7 Å². The quantitative estimate of drug-likeness (QED) is 0.266. The fourth-order valence-corrected chi connectivity index (χ4v) is 4.95. The number of rotatable bonds is 9. The molecule has 33 heavy (non-hydrogen) atoms. The molecule has 0 spiro atoms. The standard InChI is InChI=1S/C24H24N4O3S2/c1-3-14-28-23(30)22-21(20(27-33-22)16-8-6-5-7-9-16)26-24(28)32-15-19(29)25-17-10-12-18(13-11-17)31-4-2/h5-13H,3-4,14-15H2,1-2H3,(H,25,29). The van der Waals surface area contributed by atoms with Gasteiger partial charge in [-0.3, -0.25) is 14.2 Å². The molecule has 0 atom stereocenters. The van der Waals surface area contributed by atoms with Crippen LogP contribution in [0.1, 0.15) is 20.3 Å². The van der Waals surface area contributed by atoms with Crippen molar-refractivity contribution < 1.29 is 9.53 Å². The van der Waals surface area contributed by atoms with Crippen LogP contribution in [0.25, 0.3) is 21.5 Å². The number of fused-ring (bicyclic) bond motifs is 1. The van der Waals surface area contributed by atoms with Gasteiger partial charge in [0.05, 0.1) is 12.4 Å². The molecule has 1 amide bonds. The van der Waals surface area contributed by atoms with Gasteiger partial charge in [-0.25, -0.2) is 4.98 Å². The Kier molecular flexibility index (Phi) is 7.41. The van der Waals surface area contributed by atoms with Crippen LogP contribution in [0.2, 0.25) is 0 Å². The number of anilines is 1. The Bertz CT molecular complexity index is 1300. The van der Waals surface area contributed by atoms with Gasteiger partial charge in [-0.05, 0) is 49.1 Å². The summed E-state index contributed by atoms with van der Waals surface area (Å²) in [7, 11) is 0. The van der Waals surface area contributed by atoms with Crippen molar-refractivity contribution in [3.63, 3.8) is 0 Å². The first-order chi connectivity index (χ1) is 16.1. The van der Waals surface area contributed by atoms with Crippen molar-refractivity contribution in [2.45, 2.75) is 32.0 Å². The van der Waals surface area contributed by atoms with Gasteiger partial charge >= 0.3 is 0 Å². The third-order valence-corrected chi connectivity index (χ3v) is 6.62. The zero-order valence-electron chi connectivity index (χ0n) is 18.4. The summed E-state index contributed by atoms with van der Waals surface area (Å²) in [5, 5.41) is 3.40. The summed E-state index contributed by atoms with van der Waals surface area (Å²) in [5.74, 6) is 0.713. The molecule has 4 rings (SSSR count). The number of aromatic nitrogens is 3. The van der Waals surface area contributed by atoms with Gasteiger partial charge in [-0.1, -0.05) is 49.0 Å². The lowest BCUT2D eigenvalue weighted by Gasteiger charge is -2.11. The Hall–Kier alpha value is -3.17. The van der Waals surface area contributed by atoms with Gasteiger partial charge in [-0.15, -0.1) is 0 Å². The summed E-state index contributed by atoms with van der Waals surface area (Å²) in [4.78, 5) is 30.5. The average molecular weight is 481 g/mol. The van der Waals surface area contributed by atoms with E-state index in [2.05, 4.69) is 9.69 Å². The van der Waals surface area contributed by atoms with E-state index < -0.39 is 0 Å². The second-order valence-corrected chi connectivity index (χ2v) is 8.94. The minimum atomic E-state index is -0.173. The number of amides is 1. The fourth-order valence-electron chi connectivity index (χ4n) is 3.34. The minimum Gasteiger partial charge on any atom is -0.494 e. The molecule has 0 radical (unpaired) electrons. The third kappa shape index (κ3) is 5.26. The zero-order valence-corrected chi connectivity index (χ0v) is 20.0. The summed E-state index contributed by atoms with van der Waals surface area (Å²) in [6, 6.07) is 16.9. The van der Waals surface area contributed by atoms with E-state index in [0.29, 0.717) is 39.9 Å². The molecule has 2 aromatic heterocycles. The molecule has 1 N–H and O–H groups in total. The molecular formula is C24H24N4O3S2. The first kappa shape index (κ1) is 23.0. The van der Waals surface area contributed by atoms with E-state index in [1.165, 1.54) is 23.3 Å². The first-order valence-electron chi connectivity index (χ1n) is 10.7. The van der Waals surface area contributed by atoms with Gasteiger partial charge in [0.2, 0.25) is 5.91 Å². The summed E-state index contributed by atoms with van der Waals surface area (Å²) in [6.07, 6.45) is 0.781. The highest BCUT2D eigenvalue weighted by atomic mass is 32.2. The topological polar surface area (TPSA) is 86.1 Å². The maximum Gasteiger partial charge on any atom is 0.273 e. The normalized spacial score (nSPS) is 11.0. The average Bonchev–Trinajstić information content (AvgIpc) is 3.26. The van der Waals surface area contributed by atoms with Gasteiger partial charge in [-0.2, -0.15) is 4.37 Å². The van der Waals surface area contributed by atoms with Crippen molar-refractivity contribution in [3.8, 4) is 17.0 Å². The van der Waals surface area contributed by atoms with Gasteiger partial charge in [0.25, 0.3) is 5.56 Å². The Balaban J connectivity index is 1.57. The highest BCUT2D eigenvalue weighted by Crippen LogP contribution is 2.29. The molecule has 4 aromatic rings. The van der Waals surface area contributed by atoms with Crippen LogP contribution in [-0.2, 0) is 11.3 Å². The Morgan fingerprint density at radius 1 is 1.12 bits per heavy atom. The molecule has 0 unspecified atom stereocenters. The Morgan fingerprint density at radius 3 is 2.58 bits per heavy atom. The molecular weight excluding hydrogens is 456 g/mol. The smallest absolute Gasteiger partial charge is 0.273 e. The van der Waals surface area contributed by atoms with Gasteiger partial charge < -0.3 is 10.1 Å². The van der Waals surface area contributed by atoms with Crippen LogP contribution in [0, 0.1) is 0 Å². The van der Waals surface area contributed by atoms with Crippen LogP contribution in [-0.4, -0.2) is 32.2 Å². The molecule has 0 aliphatic carbocycles. The zero-order chi connectivity index (χ0) is 23.2. The van der Waals surface area contributed by atoms with Crippen molar-refractivity contribution in [3.05, 3.63) is 65.0 Å². The first-order valence-corrected chi connectivity index (χ1v) is 12.5. The van der Waals surface area contributed by atoms with Crippen LogP contribution in [0.4, 0.5) is 5.69 Å². The second-order valence-electron chi connectivity index (χ2n) is 7.22. The van der Waals surface area contributed by atoms with Crippen LogP contribution in [0.3, 0.4) is 0 Å². The van der Waals surface area contributed by atoms with E-state index in [-0.39, 0.29) is 17.2 Å². The number of nitrogens with zero attached hydrogens (tertiary/aromatic N) is 3. The number of ether oxygens (including phenoxy) is 1. The van der Waals surface area contributed by atoms with Gasteiger partial charge in [0.15, 0.2) is 5.16 Å². The lowest BCUT2D eigenvalue weighted by molar-refractivity contribution is -0.113. The molecule has 0 aliphatic heterocycles. The minimum absolute atomic E-state index is 0.115. The van der Waals surface area contributed by atoms with E-state index >= 15 is 0 Å². The van der Waals surface area contributed by atoms with E-state index in [1.54, 1.807) is 16.7 Å². The molecule has 9 heteroatoms. The number of nitrogens with one attached hydrogen (secondary N) is 1. The number of hydrogen-bond donors (Lipinski definition) is 1. The summed E-state index contributed by atoms with van der Waals surface area (Å²) < 4.78 is 12.1. The molecule has 0 bridgehead atoms. The van der Waals surface area contributed by atoms with E-state index in [9.17, 15) is 9.59 Å². The Morgan fingerprint density at radius 2 is 1.88 bits per heavy atom. The van der Waals surface area contributed by atoms with Crippen molar-refractivity contribution in [1.82, 2.24) is 13.9 Å². The van der Waals surface area contributed by atoms with Crippen molar-refractivity contribution in [2.75, 3.05) is 17.7 Å². The van der Waals surface area contributed by atoms with Crippen molar-refractivity contribution in [1.29, 1.82) is 0 Å². The molecule has 7 nitrogen and oxygen atoms in total. The maximum atomic E-state index is 13.2. The number of hydrogen-bond acceptors (Lipinski definition) is 7. The van der Waals surface area contributed by atoms with E-state index in [0.717, 1.165) is 17.7 Å². The Labute approximate surface area is 200 Å². The number of benzene rings is 2. The SMILES string of the molecule is CCCn1c(SCC(=O)Nc2ccc(OCC)cc2)nc2c(-c3ccccc3)nsc2c1=O. The highest BCUT2D eigenvalue weighted by Gasteiger charge is 2.19. The predicted octanol–water partition coefficient (Wildman–Crippen LogP) is 5.06. The summed E-state index contributed by atoms with van der Waals surface area (Å²) >= 11 is 2.42. The lowest BCUT2D eigenvalue weighted by atomic mass is 10.1. The van der Waals surface area contributed by atoms with Crippen LogP contribution in [0.5, 0.6) is 5.75 Å². The molecule has 0 aliphatic rings. The highest BCUT2D eigenvalue weighted by molar-refractivity contribution is 7.99. The third-order valence-electron chi connectivity index (χ3n) is 4.82. The van der Waals surface area contributed by atoms with Crippen molar-refractivity contribution in [2.24, 2.45) is 0 Å². The lowest BCUT2D eigenvalue weighted by Crippen LogP contribution is -2.23. The van der Waals surface area contributed by atoms with E-state index in [1.807, 2.05) is 56.3 Å². The molecule has 170 valence electrons. The van der Waals surface area contributed by atoms with Gasteiger partial charge in [0, 0.05) is 17.8 Å². The maximum absolute atomic E-state index is 13.2. The molecule has 0 fully saturated rings. The fraction of sp³-hybridized carbons (Fsp3) is 0.250. The predicted molar refractivity (Wildman–Crippen MR) is 134 cm³/mol.